The second-order valence-corrected chi connectivity index (χ2v) is 16.0. The Morgan fingerprint density at radius 2 is 0.816 bits per heavy atom. The lowest BCUT2D eigenvalue weighted by Gasteiger charge is -2.45. The van der Waals surface area contributed by atoms with Gasteiger partial charge in [-0.1, -0.05) is 171 Å². The first-order chi connectivity index (χ1) is 18.2. The standard InChI is InChI=1S/C37H39P/c1-36(2,3)38(37(4,5)6)35-33(29-23-15-9-16-24-29)31(27-19-11-7-12-20-27)32(28-21-13-8-14-22-28)34(35)30-25-17-10-18-26-30/h7-26,33H,1-6H3. The van der Waals surface area contributed by atoms with Crippen LogP contribution < -0.4 is 0 Å². The average molecular weight is 515 g/mol. The summed E-state index contributed by atoms with van der Waals surface area (Å²) in [6.07, 6.45) is 0. The van der Waals surface area contributed by atoms with Crippen LogP contribution in [0.2, 0.25) is 0 Å². The molecule has 0 aromatic heterocycles. The first-order valence-corrected chi connectivity index (χ1v) is 15.0. The number of allylic oxidation sites excluding steroid dienone is 4. The third-order valence-corrected chi connectivity index (χ3v) is 10.9. The zero-order chi connectivity index (χ0) is 26.9. The highest BCUT2D eigenvalue weighted by atomic mass is 31.1. The second-order valence-electron chi connectivity index (χ2n) is 12.2. The summed E-state index contributed by atoms with van der Waals surface area (Å²) in [5.74, 6) is 0.188. The predicted molar refractivity (Wildman–Crippen MR) is 169 cm³/mol. The van der Waals surface area contributed by atoms with E-state index in [1.165, 1.54) is 39.0 Å². The van der Waals surface area contributed by atoms with Crippen molar-refractivity contribution in [2.24, 2.45) is 0 Å². The van der Waals surface area contributed by atoms with Crippen LogP contribution in [0.5, 0.6) is 0 Å². The lowest BCUT2D eigenvalue weighted by atomic mass is 9.85. The van der Waals surface area contributed by atoms with E-state index >= 15 is 0 Å². The van der Waals surface area contributed by atoms with Crippen LogP contribution in [0.1, 0.15) is 69.7 Å². The van der Waals surface area contributed by atoms with Gasteiger partial charge in [0.1, 0.15) is 0 Å². The van der Waals surface area contributed by atoms with E-state index in [9.17, 15) is 0 Å². The fourth-order valence-electron chi connectivity index (χ4n) is 6.36. The normalized spacial score (nSPS) is 16.4. The molecule has 1 heteroatoms. The second kappa shape index (κ2) is 10.5. The van der Waals surface area contributed by atoms with E-state index in [0.717, 1.165) is 0 Å². The highest BCUT2D eigenvalue weighted by Crippen LogP contribution is 2.74. The Bertz CT molecular complexity index is 1420. The molecular weight excluding hydrogens is 475 g/mol. The van der Waals surface area contributed by atoms with E-state index in [4.69, 9.17) is 0 Å². The summed E-state index contributed by atoms with van der Waals surface area (Å²) in [6, 6.07) is 44.5. The maximum Gasteiger partial charge on any atom is 0.0363 e. The van der Waals surface area contributed by atoms with E-state index in [2.05, 4.69) is 163 Å². The van der Waals surface area contributed by atoms with Gasteiger partial charge in [0.15, 0.2) is 0 Å². The Balaban J connectivity index is 1.99. The zero-order valence-corrected chi connectivity index (χ0v) is 24.5. The van der Waals surface area contributed by atoms with Gasteiger partial charge in [-0.25, -0.2) is 0 Å². The van der Waals surface area contributed by atoms with Crippen molar-refractivity contribution in [3.8, 4) is 0 Å². The van der Waals surface area contributed by atoms with Crippen molar-refractivity contribution in [2.45, 2.75) is 57.8 Å². The highest BCUT2D eigenvalue weighted by Gasteiger charge is 2.46. The van der Waals surface area contributed by atoms with Crippen LogP contribution in [-0.4, -0.2) is 10.3 Å². The van der Waals surface area contributed by atoms with Crippen LogP contribution in [0.4, 0.5) is 0 Å². The van der Waals surface area contributed by atoms with E-state index < -0.39 is 7.92 Å². The molecule has 1 atom stereocenters. The summed E-state index contributed by atoms with van der Waals surface area (Å²) in [5, 5.41) is 1.86. The minimum absolute atomic E-state index is 0.129. The molecule has 1 aliphatic rings. The summed E-state index contributed by atoms with van der Waals surface area (Å²) in [5.41, 5.74) is 9.53. The molecule has 0 fully saturated rings. The van der Waals surface area contributed by atoms with Crippen LogP contribution in [0.15, 0.2) is 127 Å². The molecule has 192 valence electrons. The van der Waals surface area contributed by atoms with Gasteiger partial charge in [0.25, 0.3) is 0 Å². The molecule has 0 N–H and O–H groups in total. The Morgan fingerprint density at radius 3 is 1.24 bits per heavy atom. The van der Waals surface area contributed by atoms with Crippen LogP contribution in [0.25, 0.3) is 16.7 Å². The summed E-state index contributed by atoms with van der Waals surface area (Å²) in [7, 11) is -0.566. The van der Waals surface area contributed by atoms with E-state index in [1.54, 1.807) is 5.31 Å². The fraction of sp³-hybridized carbons (Fsp3) is 0.243. The summed E-state index contributed by atoms with van der Waals surface area (Å²) in [4.78, 5) is 0. The molecule has 0 aliphatic heterocycles. The SMILES string of the molecule is CC(C)(C)P(C1=C(c2ccccc2)C(c2ccccc2)=C(c2ccccc2)C1c1ccccc1)C(C)(C)C. The van der Waals surface area contributed by atoms with E-state index in [0.29, 0.717) is 0 Å². The molecule has 1 unspecified atom stereocenters. The summed E-state index contributed by atoms with van der Waals surface area (Å²) in [6.45, 7) is 14.7. The van der Waals surface area contributed by atoms with Crippen molar-refractivity contribution in [1.29, 1.82) is 0 Å². The number of rotatable bonds is 5. The summed E-state index contributed by atoms with van der Waals surface area (Å²) >= 11 is 0. The van der Waals surface area contributed by atoms with Gasteiger partial charge in [0.05, 0.1) is 0 Å². The van der Waals surface area contributed by atoms with Crippen LogP contribution in [0, 0.1) is 0 Å². The largest absolute Gasteiger partial charge is 0.0670 e. The predicted octanol–water partition coefficient (Wildman–Crippen LogP) is 10.9. The topological polar surface area (TPSA) is 0 Å². The third kappa shape index (κ3) is 5.08. The molecule has 0 bridgehead atoms. The molecule has 0 nitrogen and oxygen atoms in total. The fourth-order valence-corrected chi connectivity index (χ4v) is 10.8. The average Bonchev–Trinajstić information content (AvgIpc) is 3.24. The van der Waals surface area contributed by atoms with Gasteiger partial charge in [0.2, 0.25) is 0 Å². The van der Waals surface area contributed by atoms with Gasteiger partial charge in [-0.3, -0.25) is 0 Å². The lowest BCUT2D eigenvalue weighted by Crippen LogP contribution is -2.27. The minimum atomic E-state index is -0.566. The van der Waals surface area contributed by atoms with Crippen LogP contribution in [-0.2, 0) is 0 Å². The monoisotopic (exact) mass is 514 g/mol. The van der Waals surface area contributed by atoms with Gasteiger partial charge in [0, 0.05) is 5.92 Å². The van der Waals surface area contributed by atoms with Crippen LogP contribution in [0.3, 0.4) is 0 Å². The molecule has 0 spiro atoms. The molecule has 0 amide bonds. The van der Waals surface area contributed by atoms with Crippen molar-refractivity contribution in [1.82, 2.24) is 0 Å². The first-order valence-electron chi connectivity index (χ1n) is 13.7. The van der Waals surface area contributed by atoms with Crippen molar-refractivity contribution >= 4 is 24.6 Å². The van der Waals surface area contributed by atoms with Gasteiger partial charge in [-0.15, -0.1) is 0 Å². The Morgan fingerprint density at radius 1 is 0.447 bits per heavy atom. The molecular formula is C37H39P. The number of benzene rings is 4. The third-order valence-electron chi connectivity index (χ3n) is 7.26. The molecule has 38 heavy (non-hydrogen) atoms. The minimum Gasteiger partial charge on any atom is -0.0670 e. The molecule has 1 aliphatic carbocycles. The number of hydrogen-bond acceptors (Lipinski definition) is 0. The van der Waals surface area contributed by atoms with Gasteiger partial charge in [-0.05, 0) is 54.6 Å². The maximum absolute atomic E-state index is 2.45. The number of hydrogen-bond donors (Lipinski definition) is 0. The van der Waals surface area contributed by atoms with Gasteiger partial charge in [-0.2, -0.15) is 0 Å². The molecule has 0 radical (unpaired) electrons. The Kier molecular flexibility index (Phi) is 7.30. The van der Waals surface area contributed by atoms with Crippen molar-refractivity contribution in [2.75, 3.05) is 0 Å². The van der Waals surface area contributed by atoms with Crippen molar-refractivity contribution in [3.05, 3.63) is 149 Å². The zero-order valence-electron chi connectivity index (χ0n) is 23.6. The van der Waals surface area contributed by atoms with E-state index in [1.807, 2.05) is 0 Å². The smallest absolute Gasteiger partial charge is 0.0363 e. The molecule has 0 saturated carbocycles. The molecule has 4 aromatic rings. The Labute approximate surface area is 230 Å². The Hall–Kier alpha value is -3.21. The van der Waals surface area contributed by atoms with Crippen LogP contribution >= 0.6 is 7.92 Å². The van der Waals surface area contributed by atoms with Crippen molar-refractivity contribution in [3.63, 3.8) is 0 Å². The molecule has 4 aromatic carbocycles. The van der Waals surface area contributed by atoms with Gasteiger partial charge < -0.3 is 0 Å². The maximum atomic E-state index is 2.45. The molecule has 0 heterocycles. The lowest BCUT2D eigenvalue weighted by molar-refractivity contribution is 0.708. The van der Waals surface area contributed by atoms with Crippen molar-refractivity contribution < 1.29 is 0 Å². The first kappa shape index (κ1) is 26.4. The van der Waals surface area contributed by atoms with E-state index in [-0.39, 0.29) is 16.2 Å². The van der Waals surface area contributed by atoms with Gasteiger partial charge >= 0.3 is 0 Å². The molecule has 0 saturated heterocycles. The highest BCUT2D eigenvalue weighted by molar-refractivity contribution is 7.65. The quantitative estimate of drug-likeness (QED) is 0.232. The molecule has 5 rings (SSSR count). The summed E-state index contributed by atoms with van der Waals surface area (Å²) < 4.78 is 0.